The summed E-state index contributed by atoms with van der Waals surface area (Å²) >= 11 is 0. The lowest BCUT2D eigenvalue weighted by atomic mass is 9.70. The van der Waals surface area contributed by atoms with Crippen LogP contribution in [0.25, 0.3) is 56.4 Å². The fraction of sp³-hybridized carbons (Fsp3) is 0.0455. The summed E-state index contributed by atoms with van der Waals surface area (Å²) in [6.45, 7) is 0. The molecule has 70 heavy (non-hydrogen) atoms. The maximum atomic E-state index is 5.37. The summed E-state index contributed by atoms with van der Waals surface area (Å²) in [4.78, 5) is 18.3. The van der Waals surface area contributed by atoms with Crippen molar-refractivity contribution < 1.29 is 0 Å². The van der Waals surface area contributed by atoms with Crippen molar-refractivity contribution in [3.05, 3.63) is 300 Å². The van der Waals surface area contributed by atoms with Crippen LogP contribution in [0.4, 0.5) is 17.1 Å². The van der Waals surface area contributed by atoms with Crippen molar-refractivity contribution in [2.24, 2.45) is 0 Å². The lowest BCUT2D eigenvalue weighted by Gasteiger charge is -2.30. The minimum atomic E-state index is -0.488. The Morgan fingerprint density at radius 1 is 0.314 bits per heavy atom. The molecule has 4 nitrogen and oxygen atoms in total. The monoisotopic (exact) mass is 894 g/mol. The van der Waals surface area contributed by atoms with Crippen LogP contribution < -0.4 is 4.90 Å². The second kappa shape index (κ2) is 17.3. The van der Waals surface area contributed by atoms with Crippen LogP contribution in [-0.2, 0) is 11.8 Å². The van der Waals surface area contributed by atoms with Crippen LogP contribution in [0.5, 0.6) is 0 Å². The second-order valence-corrected chi connectivity index (χ2v) is 18.3. The highest BCUT2D eigenvalue weighted by molar-refractivity contribution is 5.95. The van der Waals surface area contributed by atoms with E-state index in [9.17, 15) is 0 Å². The van der Waals surface area contributed by atoms with Crippen molar-refractivity contribution in [3.8, 4) is 56.4 Å². The molecule has 0 saturated heterocycles. The molecule has 1 atom stereocenters. The Morgan fingerprint density at radius 3 is 1.20 bits per heavy atom. The highest BCUT2D eigenvalue weighted by atomic mass is 15.1. The van der Waals surface area contributed by atoms with Gasteiger partial charge in [0.25, 0.3) is 0 Å². The van der Waals surface area contributed by atoms with E-state index in [-0.39, 0.29) is 5.92 Å². The maximum absolute atomic E-state index is 5.37. The zero-order chi connectivity index (χ0) is 46.4. The van der Waals surface area contributed by atoms with E-state index in [1.807, 2.05) is 0 Å². The lowest BCUT2D eigenvalue weighted by molar-refractivity contribution is 0.794. The predicted octanol–water partition coefficient (Wildman–Crippen LogP) is 16.1. The molecule has 1 heterocycles. The Labute approximate surface area is 409 Å². The summed E-state index contributed by atoms with van der Waals surface area (Å²) in [6, 6.07) is 93.7. The van der Waals surface area contributed by atoms with Crippen molar-refractivity contribution in [3.63, 3.8) is 0 Å². The molecule has 2 aliphatic carbocycles. The number of rotatable bonds is 10. The average Bonchev–Trinajstić information content (AvgIpc) is 3.91. The Kier molecular flexibility index (Phi) is 10.2. The first-order valence-electron chi connectivity index (χ1n) is 24.1. The summed E-state index contributed by atoms with van der Waals surface area (Å²) in [5.74, 6) is 2.05. The maximum Gasteiger partial charge on any atom is 0.164 e. The molecular weight excluding hydrogens is 849 g/mol. The predicted molar refractivity (Wildman–Crippen MR) is 286 cm³/mol. The van der Waals surface area contributed by atoms with Crippen LogP contribution in [0.1, 0.15) is 44.9 Å². The van der Waals surface area contributed by atoms with Crippen molar-refractivity contribution in [1.82, 2.24) is 15.0 Å². The molecule has 0 saturated carbocycles. The first-order chi connectivity index (χ1) is 34.7. The topological polar surface area (TPSA) is 41.9 Å². The van der Waals surface area contributed by atoms with Crippen LogP contribution in [0.3, 0.4) is 0 Å². The van der Waals surface area contributed by atoms with Gasteiger partial charge in [0, 0.05) is 39.7 Å². The van der Waals surface area contributed by atoms with Crippen molar-refractivity contribution in [2.45, 2.75) is 17.8 Å². The summed E-state index contributed by atoms with van der Waals surface area (Å²) in [5.41, 5.74) is 19.5. The zero-order valence-electron chi connectivity index (χ0n) is 38.4. The molecule has 0 fully saturated rings. The van der Waals surface area contributed by atoms with E-state index >= 15 is 0 Å². The van der Waals surface area contributed by atoms with Gasteiger partial charge in [-0.15, -0.1) is 0 Å². The standard InChI is InChI=1S/C66H46N4/c1-5-19-45(20-6-1)43-58(46-21-7-2-8-22-46)47-33-35-48(36-34-47)63-67-64(49-37-40-53(41-38-49)70(51-23-9-3-10-24-51)52-25-11-4-12-26-52)69-65(68-63)50-39-42-57-56-29-15-18-32-61(56)66(62(57)44-50)59-30-16-13-27-54(59)55-28-14-17-31-60(55)66/h1-42,44,58H,43H2. The largest absolute Gasteiger partial charge is 0.311 e. The smallest absolute Gasteiger partial charge is 0.164 e. The quantitative estimate of drug-likeness (QED) is 0.137. The van der Waals surface area contributed by atoms with Crippen LogP contribution in [0.2, 0.25) is 0 Å². The van der Waals surface area contributed by atoms with E-state index in [0.29, 0.717) is 17.5 Å². The van der Waals surface area contributed by atoms with E-state index in [4.69, 9.17) is 15.0 Å². The molecule has 0 aliphatic heterocycles. The van der Waals surface area contributed by atoms with Crippen LogP contribution in [-0.4, -0.2) is 15.0 Å². The molecule has 11 aromatic rings. The summed E-state index contributed by atoms with van der Waals surface area (Å²) in [6.07, 6.45) is 0.894. The average molecular weight is 895 g/mol. The normalized spacial score (nSPS) is 13.0. The third-order valence-corrected chi connectivity index (χ3v) is 14.4. The number of hydrogen-bond donors (Lipinski definition) is 0. The number of para-hydroxylation sites is 2. The number of nitrogens with zero attached hydrogens (tertiary/aromatic N) is 4. The highest BCUT2D eigenvalue weighted by Gasteiger charge is 2.51. The molecule has 4 heteroatoms. The Bertz CT molecular complexity index is 3560. The molecule has 1 spiro atoms. The minimum absolute atomic E-state index is 0.181. The number of aromatic nitrogens is 3. The van der Waals surface area contributed by atoms with Gasteiger partial charge >= 0.3 is 0 Å². The molecule has 2 aliphatic rings. The third-order valence-electron chi connectivity index (χ3n) is 14.4. The minimum Gasteiger partial charge on any atom is -0.311 e. The van der Waals surface area contributed by atoms with Gasteiger partial charge in [0.15, 0.2) is 17.5 Å². The molecule has 1 unspecified atom stereocenters. The summed E-state index contributed by atoms with van der Waals surface area (Å²) < 4.78 is 0. The van der Waals surface area contributed by atoms with Gasteiger partial charge in [-0.2, -0.15) is 0 Å². The lowest BCUT2D eigenvalue weighted by Crippen LogP contribution is -2.25. The third kappa shape index (κ3) is 6.95. The molecule has 330 valence electrons. The van der Waals surface area contributed by atoms with Crippen molar-refractivity contribution in [1.29, 1.82) is 0 Å². The Morgan fingerprint density at radius 2 is 0.686 bits per heavy atom. The Balaban J connectivity index is 0.958. The van der Waals surface area contributed by atoms with Crippen LogP contribution in [0, 0.1) is 0 Å². The molecule has 10 aromatic carbocycles. The van der Waals surface area contributed by atoms with E-state index in [1.165, 1.54) is 61.2 Å². The van der Waals surface area contributed by atoms with Crippen LogP contribution >= 0.6 is 0 Å². The van der Waals surface area contributed by atoms with Crippen molar-refractivity contribution >= 4 is 17.1 Å². The van der Waals surface area contributed by atoms with E-state index in [2.05, 4.69) is 266 Å². The van der Waals surface area contributed by atoms with Gasteiger partial charge in [-0.3, -0.25) is 0 Å². The van der Waals surface area contributed by atoms with Gasteiger partial charge < -0.3 is 4.90 Å². The second-order valence-electron chi connectivity index (χ2n) is 18.3. The SMILES string of the molecule is c1ccc(CC(c2ccccc2)c2ccc(-c3nc(-c4ccc(N(c5ccccc5)c5ccccc5)cc4)nc(-c4ccc5c(c4)C4(c6ccccc6-c6ccccc64)c4ccccc4-5)n3)cc2)cc1. The van der Waals surface area contributed by atoms with E-state index in [0.717, 1.165) is 40.2 Å². The molecule has 13 rings (SSSR count). The molecule has 0 bridgehead atoms. The molecule has 0 N–H and O–H groups in total. The van der Waals surface area contributed by atoms with E-state index in [1.54, 1.807) is 0 Å². The van der Waals surface area contributed by atoms with Gasteiger partial charge in [-0.1, -0.05) is 206 Å². The molecule has 1 aromatic heterocycles. The molecule has 0 amide bonds. The fourth-order valence-electron chi connectivity index (χ4n) is 11.2. The highest BCUT2D eigenvalue weighted by Crippen LogP contribution is 2.63. The number of benzene rings is 10. The molecule has 0 radical (unpaired) electrons. The molecular formula is C66H46N4. The van der Waals surface area contributed by atoms with Crippen molar-refractivity contribution in [2.75, 3.05) is 4.90 Å². The first-order valence-corrected chi connectivity index (χ1v) is 24.1. The van der Waals surface area contributed by atoms with Gasteiger partial charge in [-0.25, -0.2) is 15.0 Å². The zero-order valence-corrected chi connectivity index (χ0v) is 38.4. The van der Waals surface area contributed by atoms with E-state index < -0.39 is 5.41 Å². The van der Waals surface area contributed by atoms with Gasteiger partial charge in [-0.05, 0) is 122 Å². The number of anilines is 3. The van der Waals surface area contributed by atoms with Gasteiger partial charge in [0.1, 0.15) is 0 Å². The number of fused-ring (bicyclic) bond motifs is 10. The number of hydrogen-bond acceptors (Lipinski definition) is 4. The van der Waals surface area contributed by atoms with Crippen LogP contribution in [0.15, 0.2) is 261 Å². The summed E-state index contributed by atoms with van der Waals surface area (Å²) in [7, 11) is 0. The first kappa shape index (κ1) is 41.2. The van der Waals surface area contributed by atoms with Gasteiger partial charge in [0.05, 0.1) is 5.41 Å². The van der Waals surface area contributed by atoms with Gasteiger partial charge in [0.2, 0.25) is 0 Å². The summed E-state index contributed by atoms with van der Waals surface area (Å²) in [5, 5.41) is 0. The Hall–Kier alpha value is -8.99. The fourth-order valence-corrected chi connectivity index (χ4v) is 11.2.